The molecule has 52 heavy (non-hydrogen) atoms. The Morgan fingerprint density at radius 3 is 2.33 bits per heavy atom. The molecule has 0 unspecified atom stereocenters. The number of rotatable bonds is 19. The van der Waals surface area contributed by atoms with E-state index < -0.39 is 46.1 Å². The fraction of sp³-hybridized carbons (Fsp3) is 0.610. The summed E-state index contributed by atoms with van der Waals surface area (Å²) in [6.07, 6.45) is 3.12. The molecule has 3 rings (SSSR count). The number of aliphatic hydroxyl groups is 1. The molecule has 2 amide bonds. The molecular formula is C41H60N2O9. The molecule has 0 aliphatic carbocycles. The normalized spacial score (nSPS) is 15.7. The highest BCUT2D eigenvalue weighted by Crippen LogP contribution is 2.41. The summed E-state index contributed by atoms with van der Waals surface area (Å²) in [5, 5.41) is 12.4. The zero-order valence-electron chi connectivity index (χ0n) is 32.6. The van der Waals surface area contributed by atoms with Gasteiger partial charge in [0.15, 0.2) is 11.5 Å². The number of esters is 1. The second-order valence-corrected chi connectivity index (χ2v) is 15.4. The van der Waals surface area contributed by atoms with E-state index in [1.54, 1.807) is 34.1 Å². The Bertz CT molecular complexity index is 1530. The van der Waals surface area contributed by atoms with Gasteiger partial charge in [0, 0.05) is 24.0 Å². The van der Waals surface area contributed by atoms with Gasteiger partial charge in [-0.15, -0.1) is 0 Å². The molecule has 1 aliphatic heterocycles. The summed E-state index contributed by atoms with van der Waals surface area (Å²) in [6.45, 7) is 13.9. The topological polar surface area (TPSA) is 141 Å². The van der Waals surface area contributed by atoms with Crippen LogP contribution >= 0.6 is 0 Å². The molecular weight excluding hydrogens is 664 g/mol. The Balaban J connectivity index is 1.81. The number of nitrogens with one attached hydrogen (secondary N) is 1. The molecule has 1 fully saturated rings. The lowest BCUT2D eigenvalue weighted by molar-refractivity contribution is -0.164. The minimum absolute atomic E-state index is 0.00176. The van der Waals surface area contributed by atoms with Gasteiger partial charge < -0.3 is 34.3 Å². The zero-order chi connectivity index (χ0) is 38.7. The number of ether oxygens (including phenoxy) is 4. The van der Waals surface area contributed by atoms with E-state index in [1.165, 1.54) is 4.90 Å². The van der Waals surface area contributed by atoms with Crippen molar-refractivity contribution in [1.82, 2.24) is 10.2 Å². The summed E-state index contributed by atoms with van der Waals surface area (Å²) in [7, 11) is 3.15. The minimum Gasteiger partial charge on any atom is -0.493 e. The standard InChI is InChI=1S/C41H60N2O9/c1-10-39(2,3)35(45)36(46)43-23-12-11-16-31(43)37(47)52-32(19-17-28-18-20-33(49-8)34(26-28)50-9)29-14-13-15-30(27-29)51-25-22-42-38(48)41(6,7)40(4,5)21-24-44/h13-15,18,20,26-27,31-32,44H,10-12,16-17,19,21-25H2,1-9H3,(H,42,48)/t31-,32+/m0/s1. The van der Waals surface area contributed by atoms with Crippen LogP contribution in [0.15, 0.2) is 42.5 Å². The van der Waals surface area contributed by atoms with Crippen molar-refractivity contribution in [3.05, 3.63) is 53.6 Å². The number of ketones is 1. The molecule has 1 aliphatic rings. The molecule has 11 nitrogen and oxygen atoms in total. The van der Waals surface area contributed by atoms with E-state index in [0.29, 0.717) is 67.9 Å². The van der Waals surface area contributed by atoms with Gasteiger partial charge >= 0.3 is 5.97 Å². The van der Waals surface area contributed by atoms with Crippen LogP contribution in [-0.4, -0.2) is 80.1 Å². The van der Waals surface area contributed by atoms with E-state index in [4.69, 9.17) is 18.9 Å². The molecule has 2 N–H and O–H groups in total. The Morgan fingerprint density at radius 1 is 0.962 bits per heavy atom. The predicted molar refractivity (Wildman–Crippen MR) is 199 cm³/mol. The average Bonchev–Trinajstić information content (AvgIpc) is 3.13. The fourth-order valence-electron chi connectivity index (χ4n) is 6.10. The fourth-order valence-corrected chi connectivity index (χ4v) is 6.10. The van der Waals surface area contributed by atoms with Crippen LogP contribution in [0.4, 0.5) is 0 Å². The van der Waals surface area contributed by atoms with Gasteiger partial charge in [-0.05, 0) is 85.8 Å². The van der Waals surface area contributed by atoms with Crippen molar-refractivity contribution >= 4 is 23.6 Å². The number of aliphatic hydroxyl groups excluding tert-OH is 1. The first kappa shape index (κ1) is 42.3. The highest BCUT2D eigenvalue weighted by molar-refractivity contribution is 6.38. The third kappa shape index (κ3) is 10.5. The molecule has 2 aromatic carbocycles. The summed E-state index contributed by atoms with van der Waals surface area (Å²) in [4.78, 5) is 55.0. The summed E-state index contributed by atoms with van der Waals surface area (Å²) >= 11 is 0. The molecule has 1 saturated heterocycles. The number of hydrogen-bond donors (Lipinski definition) is 2. The van der Waals surface area contributed by atoms with Crippen LogP contribution in [0.2, 0.25) is 0 Å². The molecule has 0 bridgehead atoms. The third-order valence-corrected chi connectivity index (χ3v) is 11.0. The van der Waals surface area contributed by atoms with E-state index >= 15 is 0 Å². The Hall–Kier alpha value is -4.12. The molecule has 0 spiro atoms. The number of likely N-dealkylation sites (tertiary alicyclic amines) is 1. The second-order valence-electron chi connectivity index (χ2n) is 15.4. The van der Waals surface area contributed by atoms with E-state index in [0.717, 1.165) is 12.0 Å². The number of amides is 2. The molecule has 0 aromatic heterocycles. The number of Topliss-reactive ketones (excluding diaryl/α,β-unsaturated/α-hetero) is 1. The van der Waals surface area contributed by atoms with Gasteiger partial charge in [-0.1, -0.05) is 66.7 Å². The van der Waals surface area contributed by atoms with E-state index in [1.807, 2.05) is 71.0 Å². The van der Waals surface area contributed by atoms with Crippen LogP contribution < -0.4 is 19.5 Å². The van der Waals surface area contributed by atoms with Crippen molar-refractivity contribution in [2.75, 3.05) is 40.5 Å². The molecule has 0 radical (unpaired) electrons. The van der Waals surface area contributed by atoms with E-state index in [2.05, 4.69) is 5.32 Å². The van der Waals surface area contributed by atoms with Gasteiger partial charge in [-0.2, -0.15) is 0 Å². The lowest BCUT2D eigenvalue weighted by atomic mass is 9.65. The summed E-state index contributed by atoms with van der Waals surface area (Å²) in [5.74, 6) is -0.0751. The van der Waals surface area contributed by atoms with Crippen LogP contribution in [0.5, 0.6) is 17.2 Å². The second kappa shape index (κ2) is 18.6. The van der Waals surface area contributed by atoms with Crippen LogP contribution in [0.3, 0.4) is 0 Å². The highest BCUT2D eigenvalue weighted by atomic mass is 16.5. The number of piperidine rings is 1. The van der Waals surface area contributed by atoms with Crippen LogP contribution in [0.1, 0.15) is 104 Å². The first-order valence-electron chi connectivity index (χ1n) is 18.4. The monoisotopic (exact) mass is 724 g/mol. The molecule has 1 heterocycles. The molecule has 2 atom stereocenters. The lowest BCUT2D eigenvalue weighted by Gasteiger charge is -2.40. The highest BCUT2D eigenvalue weighted by Gasteiger charge is 2.43. The first-order chi connectivity index (χ1) is 24.5. The van der Waals surface area contributed by atoms with Gasteiger partial charge in [-0.3, -0.25) is 14.4 Å². The number of nitrogens with zero attached hydrogens (tertiary/aromatic N) is 1. The van der Waals surface area contributed by atoms with Crippen LogP contribution in [0, 0.1) is 16.2 Å². The summed E-state index contributed by atoms with van der Waals surface area (Å²) in [6, 6.07) is 12.1. The van der Waals surface area contributed by atoms with Crippen LogP contribution in [-0.2, 0) is 30.3 Å². The van der Waals surface area contributed by atoms with Crippen molar-refractivity contribution in [2.45, 2.75) is 106 Å². The number of methoxy groups -OCH3 is 2. The lowest BCUT2D eigenvalue weighted by Crippen LogP contribution is -2.53. The SMILES string of the molecule is CCC(C)(C)C(=O)C(=O)N1CCCC[C@H]1C(=O)O[C@H](CCc1ccc(OC)c(OC)c1)c1cccc(OCCNC(=O)C(C)(C)C(C)(C)CCO)c1. The Labute approximate surface area is 309 Å². The average molecular weight is 725 g/mol. The predicted octanol–water partition coefficient (Wildman–Crippen LogP) is 6.24. The molecule has 2 aromatic rings. The maximum Gasteiger partial charge on any atom is 0.329 e. The summed E-state index contributed by atoms with van der Waals surface area (Å²) in [5.41, 5.74) is -0.291. The number of hydrogen-bond acceptors (Lipinski definition) is 9. The van der Waals surface area contributed by atoms with Crippen LogP contribution in [0.25, 0.3) is 0 Å². The maximum atomic E-state index is 13.9. The van der Waals surface area contributed by atoms with Gasteiger partial charge in [0.05, 0.1) is 20.8 Å². The smallest absolute Gasteiger partial charge is 0.329 e. The number of benzene rings is 2. The van der Waals surface area contributed by atoms with Crippen molar-refractivity contribution in [3.8, 4) is 17.2 Å². The Morgan fingerprint density at radius 2 is 1.67 bits per heavy atom. The van der Waals surface area contributed by atoms with Gasteiger partial charge in [-0.25, -0.2) is 4.79 Å². The molecule has 288 valence electrons. The minimum atomic E-state index is -0.865. The first-order valence-corrected chi connectivity index (χ1v) is 18.4. The third-order valence-electron chi connectivity index (χ3n) is 11.0. The van der Waals surface area contributed by atoms with Crippen molar-refractivity contribution in [1.29, 1.82) is 0 Å². The molecule has 11 heteroatoms. The zero-order valence-corrected chi connectivity index (χ0v) is 32.6. The number of aryl methyl sites for hydroxylation is 1. The quantitative estimate of drug-likeness (QED) is 0.0980. The summed E-state index contributed by atoms with van der Waals surface area (Å²) < 4.78 is 23.2. The van der Waals surface area contributed by atoms with E-state index in [9.17, 15) is 24.3 Å². The van der Waals surface area contributed by atoms with E-state index in [-0.39, 0.29) is 25.7 Å². The largest absolute Gasteiger partial charge is 0.493 e. The van der Waals surface area contributed by atoms with Crippen molar-refractivity contribution < 1.29 is 43.2 Å². The number of carbonyl (C=O) groups excluding carboxylic acids is 4. The number of carbonyl (C=O) groups is 4. The maximum absolute atomic E-state index is 13.9. The molecule has 0 saturated carbocycles. The van der Waals surface area contributed by atoms with Crippen molar-refractivity contribution in [3.63, 3.8) is 0 Å². The Kier molecular flexibility index (Phi) is 15.1. The van der Waals surface area contributed by atoms with Crippen molar-refractivity contribution in [2.24, 2.45) is 16.2 Å². The van der Waals surface area contributed by atoms with Gasteiger partial charge in [0.1, 0.15) is 24.5 Å². The van der Waals surface area contributed by atoms with Gasteiger partial charge in [0.25, 0.3) is 5.91 Å². The van der Waals surface area contributed by atoms with Gasteiger partial charge in [0.2, 0.25) is 11.7 Å².